The molecule has 0 saturated carbocycles. The minimum absolute atomic E-state index is 0.0104. The highest BCUT2D eigenvalue weighted by Gasteiger charge is 2.25. The molecule has 1 fully saturated rings. The van der Waals surface area contributed by atoms with Gasteiger partial charge in [0.05, 0.1) is 6.61 Å². The second kappa shape index (κ2) is 6.44. The Kier molecular flexibility index (Phi) is 5.21. The lowest BCUT2D eigenvalue weighted by atomic mass is 10.0. The number of aliphatic carboxylic acids is 1. The first kappa shape index (κ1) is 13.8. The first-order valence-corrected chi connectivity index (χ1v) is 5.92. The van der Waals surface area contributed by atoms with Gasteiger partial charge in [-0.1, -0.05) is 6.92 Å². The van der Waals surface area contributed by atoms with Crippen LogP contribution in [0.3, 0.4) is 0 Å². The van der Waals surface area contributed by atoms with Gasteiger partial charge in [-0.05, 0) is 19.8 Å². The summed E-state index contributed by atoms with van der Waals surface area (Å²) in [6.45, 7) is 5.00. The number of nitrogens with one attached hydrogen (secondary N) is 2. The molecule has 0 aromatic carbocycles. The molecule has 0 radical (unpaired) electrons. The topological polar surface area (TPSA) is 87.7 Å². The van der Waals surface area contributed by atoms with Gasteiger partial charge in [-0.25, -0.2) is 9.59 Å². The lowest BCUT2D eigenvalue weighted by molar-refractivity contribution is -0.139. The van der Waals surface area contributed by atoms with Crippen molar-refractivity contribution < 1.29 is 19.4 Å². The monoisotopic (exact) mass is 244 g/mol. The minimum Gasteiger partial charge on any atom is -0.480 e. The van der Waals surface area contributed by atoms with E-state index in [1.54, 1.807) is 6.92 Å². The average molecular weight is 244 g/mol. The van der Waals surface area contributed by atoms with Crippen molar-refractivity contribution in [1.29, 1.82) is 0 Å². The molecule has 1 heterocycles. The third-order valence-electron chi connectivity index (χ3n) is 3.04. The molecule has 6 heteroatoms. The molecular formula is C11H20N2O4. The predicted molar refractivity (Wildman–Crippen MR) is 61.8 cm³/mol. The van der Waals surface area contributed by atoms with Crippen molar-refractivity contribution in [1.82, 2.24) is 10.6 Å². The molecule has 0 aliphatic carbocycles. The fourth-order valence-corrected chi connectivity index (χ4v) is 1.81. The molecule has 0 spiro atoms. The summed E-state index contributed by atoms with van der Waals surface area (Å²) in [7, 11) is 0. The number of hydrogen-bond donors (Lipinski definition) is 3. The molecular weight excluding hydrogens is 224 g/mol. The Morgan fingerprint density at radius 2 is 2.18 bits per heavy atom. The van der Waals surface area contributed by atoms with Gasteiger partial charge in [0.2, 0.25) is 0 Å². The van der Waals surface area contributed by atoms with Gasteiger partial charge in [-0.15, -0.1) is 0 Å². The van der Waals surface area contributed by atoms with Gasteiger partial charge in [0.1, 0.15) is 6.04 Å². The number of ether oxygens (including phenoxy) is 1. The molecule has 0 aromatic heterocycles. The third-order valence-corrected chi connectivity index (χ3v) is 3.04. The Balaban J connectivity index is 2.35. The zero-order chi connectivity index (χ0) is 12.8. The highest BCUT2D eigenvalue weighted by Crippen LogP contribution is 2.16. The van der Waals surface area contributed by atoms with Gasteiger partial charge in [0.25, 0.3) is 0 Å². The van der Waals surface area contributed by atoms with Crippen molar-refractivity contribution in [3.63, 3.8) is 0 Å². The Bertz CT molecular complexity index is 277. The standard InChI is InChI=1S/C11H20N2O4/c1-3-9(10(14)15)13-11(16)12-7(2)8-4-5-17-6-8/h7-9H,3-6H2,1-2H3,(H,14,15)(H2,12,13,16). The van der Waals surface area contributed by atoms with E-state index < -0.39 is 18.0 Å². The van der Waals surface area contributed by atoms with Gasteiger partial charge >= 0.3 is 12.0 Å². The number of carboxylic acids is 1. The van der Waals surface area contributed by atoms with Crippen molar-refractivity contribution >= 4 is 12.0 Å². The van der Waals surface area contributed by atoms with Crippen LogP contribution in [-0.4, -0.2) is 42.4 Å². The fourth-order valence-electron chi connectivity index (χ4n) is 1.81. The number of carbonyl (C=O) groups is 2. The quantitative estimate of drug-likeness (QED) is 0.660. The van der Waals surface area contributed by atoms with Crippen LogP contribution >= 0.6 is 0 Å². The van der Waals surface area contributed by atoms with Gasteiger partial charge in [0.15, 0.2) is 0 Å². The fraction of sp³-hybridized carbons (Fsp3) is 0.818. The molecule has 1 aliphatic heterocycles. The molecule has 1 rings (SSSR count). The summed E-state index contributed by atoms with van der Waals surface area (Å²) in [4.78, 5) is 22.3. The van der Waals surface area contributed by atoms with E-state index >= 15 is 0 Å². The number of carboxylic acid groups (broad SMARTS) is 1. The number of hydrogen-bond acceptors (Lipinski definition) is 3. The smallest absolute Gasteiger partial charge is 0.326 e. The number of amides is 2. The van der Waals surface area contributed by atoms with E-state index in [1.807, 2.05) is 6.92 Å². The minimum atomic E-state index is -1.01. The van der Waals surface area contributed by atoms with E-state index in [-0.39, 0.29) is 6.04 Å². The maximum Gasteiger partial charge on any atom is 0.326 e. The second-order valence-corrected chi connectivity index (χ2v) is 4.33. The van der Waals surface area contributed by atoms with Gasteiger partial charge in [-0.2, -0.15) is 0 Å². The van der Waals surface area contributed by atoms with Crippen LogP contribution in [0.1, 0.15) is 26.7 Å². The molecule has 3 unspecified atom stereocenters. The molecule has 6 nitrogen and oxygen atoms in total. The largest absolute Gasteiger partial charge is 0.480 e. The van der Waals surface area contributed by atoms with Gasteiger partial charge < -0.3 is 20.5 Å². The van der Waals surface area contributed by atoms with Crippen molar-refractivity contribution in [3.8, 4) is 0 Å². The van der Waals surface area contributed by atoms with Crippen LogP contribution in [0.5, 0.6) is 0 Å². The summed E-state index contributed by atoms with van der Waals surface area (Å²) >= 11 is 0. The van der Waals surface area contributed by atoms with Gasteiger partial charge in [0, 0.05) is 18.6 Å². The number of carbonyl (C=O) groups excluding carboxylic acids is 1. The van der Waals surface area contributed by atoms with Crippen LogP contribution in [0.4, 0.5) is 4.79 Å². The highest BCUT2D eigenvalue weighted by molar-refractivity contribution is 5.82. The zero-order valence-electron chi connectivity index (χ0n) is 10.2. The van der Waals surface area contributed by atoms with Crippen LogP contribution in [-0.2, 0) is 9.53 Å². The first-order chi connectivity index (χ1) is 8.04. The van der Waals surface area contributed by atoms with E-state index in [2.05, 4.69) is 10.6 Å². The van der Waals surface area contributed by atoms with Gasteiger partial charge in [-0.3, -0.25) is 0 Å². The summed E-state index contributed by atoms with van der Waals surface area (Å²) in [6.07, 6.45) is 1.29. The molecule has 3 atom stereocenters. The molecule has 98 valence electrons. The molecule has 0 aromatic rings. The lowest BCUT2D eigenvalue weighted by Gasteiger charge is -2.21. The summed E-state index contributed by atoms with van der Waals surface area (Å²) in [5.41, 5.74) is 0. The summed E-state index contributed by atoms with van der Waals surface area (Å²) < 4.78 is 5.23. The Morgan fingerprint density at radius 1 is 1.47 bits per heavy atom. The maximum absolute atomic E-state index is 11.6. The molecule has 1 saturated heterocycles. The van der Waals surface area contributed by atoms with Crippen LogP contribution < -0.4 is 10.6 Å². The molecule has 2 amide bonds. The van der Waals surface area contributed by atoms with E-state index in [0.717, 1.165) is 13.0 Å². The molecule has 0 bridgehead atoms. The van der Waals surface area contributed by atoms with Crippen LogP contribution in [0.25, 0.3) is 0 Å². The van der Waals surface area contributed by atoms with E-state index in [0.29, 0.717) is 18.9 Å². The summed E-state index contributed by atoms with van der Waals surface area (Å²) in [5, 5.41) is 14.0. The van der Waals surface area contributed by atoms with E-state index in [9.17, 15) is 9.59 Å². The first-order valence-electron chi connectivity index (χ1n) is 5.92. The normalized spacial score (nSPS) is 22.8. The van der Waals surface area contributed by atoms with E-state index in [4.69, 9.17) is 9.84 Å². The second-order valence-electron chi connectivity index (χ2n) is 4.33. The third kappa shape index (κ3) is 4.22. The average Bonchev–Trinajstić information content (AvgIpc) is 2.78. The van der Waals surface area contributed by atoms with Crippen molar-refractivity contribution in [2.45, 2.75) is 38.8 Å². The van der Waals surface area contributed by atoms with Crippen LogP contribution in [0.15, 0.2) is 0 Å². The Hall–Kier alpha value is -1.30. The zero-order valence-corrected chi connectivity index (χ0v) is 10.2. The SMILES string of the molecule is CCC(NC(=O)NC(C)C1CCOC1)C(=O)O. The number of rotatable bonds is 5. The van der Waals surface area contributed by atoms with Crippen LogP contribution in [0, 0.1) is 5.92 Å². The van der Waals surface area contributed by atoms with E-state index in [1.165, 1.54) is 0 Å². The molecule has 17 heavy (non-hydrogen) atoms. The maximum atomic E-state index is 11.6. The lowest BCUT2D eigenvalue weighted by Crippen LogP contribution is -2.49. The predicted octanol–water partition coefficient (Wildman–Crippen LogP) is 0.574. The highest BCUT2D eigenvalue weighted by atomic mass is 16.5. The Labute approximate surface area is 101 Å². The molecule has 3 N–H and O–H groups in total. The van der Waals surface area contributed by atoms with Crippen molar-refractivity contribution in [2.75, 3.05) is 13.2 Å². The molecule has 1 aliphatic rings. The van der Waals surface area contributed by atoms with Crippen molar-refractivity contribution in [2.24, 2.45) is 5.92 Å². The Morgan fingerprint density at radius 3 is 2.65 bits per heavy atom. The summed E-state index contributed by atoms with van der Waals surface area (Å²) in [5.74, 6) is -0.704. The van der Waals surface area contributed by atoms with Crippen LogP contribution in [0.2, 0.25) is 0 Å². The number of urea groups is 1. The van der Waals surface area contributed by atoms with Crippen molar-refractivity contribution in [3.05, 3.63) is 0 Å². The summed E-state index contributed by atoms with van der Waals surface area (Å²) in [6, 6.07) is -1.27.